The third-order valence-electron chi connectivity index (χ3n) is 2.92. The summed E-state index contributed by atoms with van der Waals surface area (Å²) in [7, 11) is 2.06. The Kier molecular flexibility index (Phi) is 4.10. The van der Waals surface area contributed by atoms with Crippen LogP contribution in [-0.2, 0) is 11.3 Å². The Hall–Kier alpha value is -1.68. The number of oxazole rings is 1. The van der Waals surface area contributed by atoms with Crippen LogP contribution in [0.2, 0.25) is 0 Å². The van der Waals surface area contributed by atoms with Crippen LogP contribution >= 0.6 is 0 Å². The summed E-state index contributed by atoms with van der Waals surface area (Å²) in [4.78, 5) is 17.2. The highest BCUT2D eigenvalue weighted by Gasteiger charge is 2.04. The average Bonchev–Trinajstić information content (AvgIpc) is 2.75. The summed E-state index contributed by atoms with van der Waals surface area (Å²) in [5, 5.41) is 0. The molecule has 4 heteroatoms. The van der Waals surface area contributed by atoms with Gasteiger partial charge in [-0.1, -0.05) is 6.07 Å². The van der Waals surface area contributed by atoms with E-state index < -0.39 is 0 Å². The number of fused-ring (bicyclic) bond motifs is 1. The van der Waals surface area contributed by atoms with Crippen LogP contribution in [0.3, 0.4) is 0 Å². The highest BCUT2D eigenvalue weighted by molar-refractivity contribution is 5.75. The highest BCUT2D eigenvalue weighted by atomic mass is 16.3. The summed E-state index contributed by atoms with van der Waals surface area (Å²) in [5.74, 6) is 0.256. The van der Waals surface area contributed by atoms with Gasteiger partial charge in [0.25, 0.3) is 0 Å². The molecule has 0 bridgehead atoms. The topological polar surface area (TPSA) is 46.3 Å². The molecule has 0 aliphatic heterocycles. The zero-order valence-electron chi connectivity index (χ0n) is 10.8. The van der Waals surface area contributed by atoms with Crippen molar-refractivity contribution in [3.8, 4) is 0 Å². The Bertz CT molecular complexity index is 533. The van der Waals surface area contributed by atoms with E-state index in [0.717, 1.165) is 30.6 Å². The number of benzene rings is 1. The van der Waals surface area contributed by atoms with Crippen LogP contribution in [0, 0.1) is 0 Å². The molecule has 0 radical (unpaired) electrons. The Labute approximate surface area is 107 Å². The number of hydrogen-bond acceptors (Lipinski definition) is 4. The van der Waals surface area contributed by atoms with Crippen LogP contribution in [0.1, 0.15) is 25.3 Å². The molecule has 0 fully saturated rings. The number of aromatic nitrogens is 1. The molecule has 1 aromatic carbocycles. The molecular weight excluding hydrogens is 228 g/mol. The van der Waals surface area contributed by atoms with Gasteiger partial charge >= 0.3 is 0 Å². The lowest BCUT2D eigenvalue weighted by molar-refractivity contribution is -0.117. The van der Waals surface area contributed by atoms with Crippen molar-refractivity contribution >= 4 is 16.9 Å². The molecule has 0 aliphatic rings. The van der Waals surface area contributed by atoms with Crippen molar-refractivity contribution in [2.45, 2.75) is 26.3 Å². The van der Waals surface area contributed by atoms with Gasteiger partial charge in [-0.2, -0.15) is 0 Å². The number of carbonyl (C=O) groups is 1. The summed E-state index contributed by atoms with van der Waals surface area (Å²) in [6.07, 6.45) is 3.03. The maximum atomic E-state index is 10.9. The molecule has 0 atom stereocenters. The van der Waals surface area contributed by atoms with Gasteiger partial charge in [0.15, 0.2) is 12.0 Å². The maximum absolute atomic E-state index is 10.9. The number of rotatable bonds is 6. The Morgan fingerprint density at radius 1 is 1.44 bits per heavy atom. The van der Waals surface area contributed by atoms with Gasteiger partial charge in [0, 0.05) is 13.0 Å². The van der Waals surface area contributed by atoms with Crippen LogP contribution in [0.4, 0.5) is 0 Å². The lowest BCUT2D eigenvalue weighted by Crippen LogP contribution is -2.19. The monoisotopic (exact) mass is 246 g/mol. The Balaban J connectivity index is 1.89. The Morgan fingerprint density at radius 3 is 3.06 bits per heavy atom. The van der Waals surface area contributed by atoms with Crippen LogP contribution < -0.4 is 0 Å². The first kappa shape index (κ1) is 12.8. The fraction of sp³-hybridized carbons (Fsp3) is 0.429. The number of hydrogen-bond donors (Lipinski definition) is 0. The van der Waals surface area contributed by atoms with E-state index in [2.05, 4.69) is 23.0 Å². The third-order valence-corrected chi connectivity index (χ3v) is 2.92. The van der Waals surface area contributed by atoms with E-state index in [1.807, 2.05) is 12.1 Å². The second kappa shape index (κ2) is 5.78. The fourth-order valence-electron chi connectivity index (χ4n) is 1.99. The van der Waals surface area contributed by atoms with Crippen molar-refractivity contribution in [2.24, 2.45) is 0 Å². The summed E-state index contributed by atoms with van der Waals surface area (Å²) in [6, 6.07) is 6.05. The van der Waals surface area contributed by atoms with Crippen molar-refractivity contribution in [1.29, 1.82) is 0 Å². The highest BCUT2D eigenvalue weighted by Crippen LogP contribution is 2.15. The van der Waals surface area contributed by atoms with Gasteiger partial charge in [-0.25, -0.2) is 4.98 Å². The minimum Gasteiger partial charge on any atom is -0.443 e. The zero-order valence-corrected chi connectivity index (χ0v) is 10.8. The first-order valence-electron chi connectivity index (χ1n) is 6.15. The normalized spacial score (nSPS) is 11.3. The molecule has 2 aromatic rings. The first-order chi connectivity index (χ1) is 8.65. The smallest absolute Gasteiger partial charge is 0.181 e. The number of nitrogens with zero attached hydrogens (tertiary/aromatic N) is 2. The van der Waals surface area contributed by atoms with Gasteiger partial charge in [0.1, 0.15) is 11.3 Å². The van der Waals surface area contributed by atoms with Crippen molar-refractivity contribution < 1.29 is 9.21 Å². The molecule has 0 saturated heterocycles. The maximum Gasteiger partial charge on any atom is 0.181 e. The van der Waals surface area contributed by atoms with E-state index in [1.165, 1.54) is 12.0 Å². The lowest BCUT2D eigenvalue weighted by Gasteiger charge is -2.16. The lowest BCUT2D eigenvalue weighted by atomic mass is 10.2. The summed E-state index contributed by atoms with van der Waals surface area (Å²) in [6.45, 7) is 3.42. The molecule has 0 spiro atoms. The van der Waals surface area contributed by atoms with E-state index >= 15 is 0 Å². The van der Waals surface area contributed by atoms with Gasteiger partial charge in [0.2, 0.25) is 0 Å². The minimum absolute atomic E-state index is 0.256. The van der Waals surface area contributed by atoms with E-state index in [4.69, 9.17) is 4.42 Å². The molecule has 1 heterocycles. The van der Waals surface area contributed by atoms with Crippen molar-refractivity contribution in [3.63, 3.8) is 0 Å². The fourth-order valence-corrected chi connectivity index (χ4v) is 1.99. The van der Waals surface area contributed by atoms with Crippen LogP contribution in [0.25, 0.3) is 11.1 Å². The van der Waals surface area contributed by atoms with Crippen molar-refractivity contribution in [1.82, 2.24) is 9.88 Å². The molecule has 96 valence electrons. The SMILES string of the molecule is CC(=O)CCCN(C)Cc1ccc2ncoc2c1. The molecule has 1 aromatic heterocycles. The molecule has 0 aliphatic carbocycles. The standard InChI is InChI=1S/C14H18N2O2/c1-11(17)4-3-7-16(2)9-12-5-6-13-14(8-12)18-10-15-13/h5-6,8,10H,3-4,7,9H2,1-2H3. The van der Waals surface area contributed by atoms with E-state index in [1.54, 1.807) is 6.92 Å². The van der Waals surface area contributed by atoms with Gasteiger partial charge in [-0.15, -0.1) is 0 Å². The van der Waals surface area contributed by atoms with E-state index in [9.17, 15) is 4.79 Å². The van der Waals surface area contributed by atoms with Crippen LogP contribution in [0.15, 0.2) is 29.0 Å². The first-order valence-corrected chi connectivity index (χ1v) is 6.15. The van der Waals surface area contributed by atoms with Crippen LogP contribution in [0.5, 0.6) is 0 Å². The molecular formula is C14H18N2O2. The van der Waals surface area contributed by atoms with Gasteiger partial charge in [0.05, 0.1) is 0 Å². The quantitative estimate of drug-likeness (QED) is 0.786. The predicted molar refractivity (Wildman–Crippen MR) is 70.3 cm³/mol. The van der Waals surface area contributed by atoms with E-state index in [0.29, 0.717) is 6.42 Å². The Morgan fingerprint density at radius 2 is 2.28 bits per heavy atom. The zero-order chi connectivity index (χ0) is 13.0. The molecule has 0 saturated carbocycles. The number of ketones is 1. The second-order valence-electron chi connectivity index (χ2n) is 4.70. The summed E-state index contributed by atoms with van der Waals surface area (Å²) in [5.41, 5.74) is 2.91. The molecule has 0 unspecified atom stereocenters. The summed E-state index contributed by atoms with van der Waals surface area (Å²) < 4.78 is 5.28. The largest absolute Gasteiger partial charge is 0.443 e. The second-order valence-corrected chi connectivity index (χ2v) is 4.70. The van der Waals surface area contributed by atoms with E-state index in [-0.39, 0.29) is 5.78 Å². The van der Waals surface area contributed by atoms with Gasteiger partial charge in [-0.3, -0.25) is 0 Å². The summed E-state index contributed by atoms with van der Waals surface area (Å²) >= 11 is 0. The third kappa shape index (κ3) is 3.40. The molecule has 18 heavy (non-hydrogen) atoms. The molecule has 0 N–H and O–H groups in total. The molecule has 2 rings (SSSR count). The van der Waals surface area contributed by atoms with Crippen LogP contribution in [-0.4, -0.2) is 29.3 Å². The van der Waals surface area contributed by atoms with Gasteiger partial charge < -0.3 is 14.1 Å². The van der Waals surface area contributed by atoms with Gasteiger partial charge in [-0.05, 0) is 44.6 Å². The number of Topliss-reactive ketones (excluding diaryl/α,β-unsaturated/α-hetero) is 1. The van der Waals surface area contributed by atoms with Crippen molar-refractivity contribution in [3.05, 3.63) is 30.2 Å². The predicted octanol–water partition coefficient (Wildman–Crippen LogP) is 2.63. The number of carbonyl (C=O) groups excluding carboxylic acids is 1. The minimum atomic E-state index is 0.256. The molecule has 4 nitrogen and oxygen atoms in total. The molecule has 0 amide bonds. The average molecular weight is 246 g/mol. The van der Waals surface area contributed by atoms with Crippen molar-refractivity contribution in [2.75, 3.05) is 13.6 Å².